The molecule has 474 valence electrons. The Morgan fingerprint density at radius 3 is 1.49 bits per heavy atom. The van der Waals surface area contributed by atoms with Gasteiger partial charge in [-0.3, -0.25) is 0 Å². The molecule has 0 spiro atoms. The van der Waals surface area contributed by atoms with Crippen LogP contribution in [-0.2, 0) is 32.2 Å². The number of aliphatic hydroxyl groups excluding tert-OH is 2. The van der Waals surface area contributed by atoms with Crippen LogP contribution in [0, 0.1) is 58.6 Å². The number of hydrogen-bond donors (Lipinski definition) is 6. The Kier molecular flexibility index (Phi) is 20.3. The van der Waals surface area contributed by atoms with E-state index >= 15 is 0 Å². The minimum absolute atomic E-state index is 0.0294. The summed E-state index contributed by atoms with van der Waals surface area (Å²) in [5, 5.41) is 56.2. The molecule has 32 heteroatoms. The standard InChI is InChI=1S/C25H25F2N3O5S.C18H20BrN3O4S.2C7H7BF2O3/c1-25(4-5-25)35-24(32)30-6-13-9-33-10-14(7-30)21(13)34-23-22-20(28-12-29-23)17(11-36-22)15-2-3-18(26)16(8-31)19(15)27;1-18(2-3-18)26-17(23)22-4-10-6-24-7-11(5-22)14(10)25-16-15-13(20-9-21-16)12(19)8-27-15;1-13-7-5(9)3-2-4(6(7)10)8(11)12;9-6-2-1-5(8(12)13)7(10)4(6)3-11/h2-3,11-14,21,31H,4-10H2,1H3;8-11,14H,2-7H2,1H3;2-3,11-12H,1H3;1-2,11-13H,3H2. The van der Waals surface area contributed by atoms with Crippen LogP contribution in [0.3, 0.4) is 0 Å². The molecule has 4 aromatic heterocycles. The number of carbonyl (C=O) groups is 2. The molecule has 6 N–H and O–H groups in total. The Morgan fingerprint density at radius 2 is 1.03 bits per heavy atom. The normalized spacial score (nSPS) is 21.6. The SMILES string of the molecule is CC1(OC(=O)N2CC3COCC(C2)C3Oc2ncnc3c(-c4ccc(F)c(CO)c4F)csc23)CC1.CC1(OC(=O)N2CC3COCC(C2)C3Oc2ncnc3c(Br)csc23)CC1.COc1c(F)ccc(B(O)O)c1F.OCc1c(F)ccc(B(O)O)c1F. The maximum absolute atomic E-state index is 14.9. The van der Waals surface area contributed by atoms with Gasteiger partial charge in [-0.25, -0.2) is 55.9 Å². The van der Waals surface area contributed by atoms with Crippen LogP contribution in [0.15, 0.2) is 64.3 Å². The molecule has 0 radical (unpaired) electrons. The fourth-order valence-corrected chi connectivity index (χ4v) is 13.2. The fraction of sp³-hybridized carbons (Fsp3) is 0.439. The number of carbonyl (C=O) groups excluding carboxylic acids is 2. The fourth-order valence-electron chi connectivity index (χ4n) is 10.7. The van der Waals surface area contributed by atoms with Crippen molar-refractivity contribution < 1.29 is 99.4 Å². The van der Waals surface area contributed by atoms with Gasteiger partial charge in [0.15, 0.2) is 17.4 Å². The number of hydrogen-bond acceptors (Lipinski definition) is 21. The number of amides is 2. The first-order valence-corrected chi connectivity index (χ1v) is 30.5. The molecule has 13 rings (SSSR count). The summed E-state index contributed by atoms with van der Waals surface area (Å²) in [6.07, 6.45) is 5.83. The molecule has 6 fully saturated rings. The number of nitrogens with zero attached hydrogens (tertiary/aromatic N) is 6. The highest BCUT2D eigenvalue weighted by molar-refractivity contribution is 9.10. The molecule has 89 heavy (non-hydrogen) atoms. The van der Waals surface area contributed by atoms with E-state index in [2.05, 4.69) is 40.6 Å². The van der Waals surface area contributed by atoms with Crippen LogP contribution in [0.1, 0.15) is 50.7 Å². The van der Waals surface area contributed by atoms with Crippen molar-refractivity contribution in [2.75, 3.05) is 59.7 Å². The van der Waals surface area contributed by atoms with Gasteiger partial charge in [0.25, 0.3) is 0 Å². The molecule has 4 aliphatic heterocycles. The van der Waals surface area contributed by atoms with Crippen molar-refractivity contribution in [2.24, 2.45) is 23.7 Å². The van der Waals surface area contributed by atoms with Crippen LogP contribution >= 0.6 is 38.6 Å². The van der Waals surface area contributed by atoms with Crippen molar-refractivity contribution >= 4 is 96.4 Å². The number of aliphatic hydroxyl groups is 2. The highest BCUT2D eigenvalue weighted by Gasteiger charge is 2.49. The zero-order valence-corrected chi connectivity index (χ0v) is 51.0. The van der Waals surface area contributed by atoms with Gasteiger partial charge in [0, 0.05) is 93.8 Å². The zero-order valence-electron chi connectivity index (χ0n) is 47.8. The van der Waals surface area contributed by atoms with Crippen molar-refractivity contribution in [2.45, 2.75) is 76.2 Å². The Bertz CT molecular complexity index is 3640. The van der Waals surface area contributed by atoms with Crippen LogP contribution in [-0.4, -0.2) is 170 Å². The summed E-state index contributed by atoms with van der Waals surface area (Å²) in [6.45, 7) is 6.52. The van der Waals surface area contributed by atoms with Crippen molar-refractivity contribution in [3.8, 4) is 28.6 Å². The number of methoxy groups -OCH3 is 1. The summed E-state index contributed by atoms with van der Waals surface area (Å²) in [5.74, 6) is -5.17. The molecule has 4 unspecified atom stereocenters. The molecular weight excluding hydrogens is 1290 g/mol. The van der Waals surface area contributed by atoms with E-state index in [0.717, 1.165) is 77.8 Å². The highest BCUT2D eigenvalue weighted by Crippen LogP contribution is 2.44. The van der Waals surface area contributed by atoms with Gasteiger partial charge in [-0.2, -0.15) is 0 Å². The third-order valence-electron chi connectivity index (χ3n) is 16.0. The molecule has 4 bridgehead atoms. The lowest BCUT2D eigenvalue weighted by Gasteiger charge is -2.46. The van der Waals surface area contributed by atoms with E-state index < -0.39 is 84.6 Å². The Hall–Kier alpha value is -6.45. The summed E-state index contributed by atoms with van der Waals surface area (Å²) in [5.41, 5.74) is -0.427. The van der Waals surface area contributed by atoms with Gasteiger partial charge in [0.1, 0.15) is 74.3 Å². The molecular formula is C57H59B2BrF6N6O15S2. The predicted octanol–water partition coefficient (Wildman–Crippen LogP) is 6.40. The van der Waals surface area contributed by atoms with Crippen molar-refractivity contribution in [1.29, 1.82) is 0 Å². The number of piperidine rings is 2. The number of halogens is 7. The molecule has 7 aromatic rings. The van der Waals surface area contributed by atoms with Gasteiger partial charge in [-0.15, -0.1) is 22.7 Å². The van der Waals surface area contributed by atoms with Gasteiger partial charge in [0.05, 0.1) is 56.7 Å². The van der Waals surface area contributed by atoms with Gasteiger partial charge >= 0.3 is 26.4 Å². The van der Waals surface area contributed by atoms with E-state index in [1.165, 1.54) is 30.1 Å². The minimum atomic E-state index is -2.01. The van der Waals surface area contributed by atoms with E-state index in [4.69, 9.17) is 53.6 Å². The van der Waals surface area contributed by atoms with Crippen LogP contribution in [0.2, 0.25) is 0 Å². The van der Waals surface area contributed by atoms with Crippen molar-refractivity contribution in [1.82, 2.24) is 29.7 Å². The first-order chi connectivity index (χ1) is 42.5. The lowest BCUT2D eigenvalue weighted by atomic mass is 9.79. The summed E-state index contributed by atoms with van der Waals surface area (Å²) in [4.78, 5) is 46.2. The van der Waals surface area contributed by atoms with E-state index in [-0.39, 0.29) is 70.4 Å². The summed E-state index contributed by atoms with van der Waals surface area (Å²) >= 11 is 6.39. The minimum Gasteiger partial charge on any atom is -0.491 e. The Morgan fingerprint density at radius 1 is 0.607 bits per heavy atom. The number of thiophene rings is 2. The largest absolute Gasteiger partial charge is 0.491 e. The number of ether oxygens (including phenoxy) is 7. The number of rotatable bonds is 12. The van der Waals surface area contributed by atoms with Gasteiger partial charge in [-0.05, 0) is 79.7 Å². The van der Waals surface area contributed by atoms with Gasteiger partial charge < -0.3 is 73.3 Å². The summed E-state index contributed by atoms with van der Waals surface area (Å²) in [7, 11) is -2.89. The molecule has 3 aromatic carbocycles. The molecule has 4 atom stereocenters. The summed E-state index contributed by atoms with van der Waals surface area (Å²) < 4.78 is 123. The van der Waals surface area contributed by atoms with E-state index in [0.29, 0.717) is 80.1 Å². The second-order valence-electron chi connectivity index (χ2n) is 22.5. The molecule has 21 nitrogen and oxygen atoms in total. The molecule has 8 heterocycles. The molecule has 6 aliphatic rings. The molecule has 2 amide bonds. The Balaban J connectivity index is 0.000000144. The second-order valence-corrected chi connectivity index (χ2v) is 25.1. The number of fused-ring (bicyclic) bond motifs is 6. The smallest absolute Gasteiger partial charge is 0.491 e. The molecule has 2 saturated carbocycles. The van der Waals surface area contributed by atoms with E-state index in [1.54, 1.807) is 21.6 Å². The average Bonchev–Trinajstić information content (AvgIpc) is 1.81. The van der Waals surface area contributed by atoms with Crippen LogP contribution in [0.4, 0.5) is 35.9 Å². The maximum atomic E-state index is 14.9. The van der Waals surface area contributed by atoms with Gasteiger partial charge in [-0.1, -0.05) is 12.1 Å². The maximum Gasteiger partial charge on any atom is 0.491 e. The van der Waals surface area contributed by atoms with Crippen molar-refractivity contribution in [3.63, 3.8) is 0 Å². The average molecular weight is 1350 g/mol. The molecule has 2 aliphatic carbocycles. The van der Waals surface area contributed by atoms with Crippen LogP contribution < -0.4 is 25.1 Å². The monoisotopic (exact) mass is 1350 g/mol. The van der Waals surface area contributed by atoms with E-state index in [1.807, 2.05) is 24.1 Å². The second kappa shape index (κ2) is 27.6. The Labute approximate surface area is 521 Å². The first kappa shape index (κ1) is 65.5. The number of likely N-dealkylation sites (tertiary alicyclic amines) is 2. The predicted molar refractivity (Wildman–Crippen MR) is 314 cm³/mol. The lowest BCUT2D eigenvalue weighted by molar-refractivity contribution is -0.111. The number of aromatic nitrogens is 4. The summed E-state index contributed by atoms with van der Waals surface area (Å²) in [6, 6.07) is 6.09. The van der Waals surface area contributed by atoms with Gasteiger partial charge in [0.2, 0.25) is 11.8 Å². The van der Waals surface area contributed by atoms with Crippen LogP contribution in [0.5, 0.6) is 17.5 Å². The topological polar surface area (TPSA) is 278 Å². The number of benzene rings is 3. The quantitative estimate of drug-likeness (QED) is 0.0570. The highest BCUT2D eigenvalue weighted by atomic mass is 79.9. The third kappa shape index (κ3) is 14.5. The first-order valence-electron chi connectivity index (χ1n) is 28.0. The van der Waals surface area contributed by atoms with Crippen LogP contribution in [0.25, 0.3) is 31.6 Å². The third-order valence-corrected chi connectivity index (χ3v) is 18.9. The zero-order chi connectivity index (χ0) is 63.6. The lowest BCUT2D eigenvalue weighted by Crippen LogP contribution is -2.59. The van der Waals surface area contributed by atoms with E-state index in [9.17, 15) is 41.0 Å². The molecule has 4 saturated heterocycles. The van der Waals surface area contributed by atoms with Crippen molar-refractivity contribution in [3.05, 3.63) is 110 Å².